The van der Waals surface area contributed by atoms with E-state index < -0.39 is 0 Å². The van der Waals surface area contributed by atoms with Crippen molar-refractivity contribution in [3.05, 3.63) is 18.5 Å². The molecule has 1 heterocycles. The van der Waals surface area contributed by atoms with E-state index in [0.29, 0.717) is 25.4 Å². The molecule has 0 spiro atoms. The van der Waals surface area contributed by atoms with Gasteiger partial charge in [-0.2, -0.15) is 5.10 Å². The maximum atomic E-state index is 11.1. The highest BCUT2D eigenvalue weighted by molar-refractivity contribution is 5.85. The summed E-state index contributed by atoms with van der Waals surface area (Å²) in [5.41, 5.74) is 5.27. The molecule has 16 heavy (non-hydrogen) atoms. The highest BCUT2D eigenvalue weighted by atomic mass is 35.5. The summed E-state index contributed by atoms with van der Waals surface area (Å²) in [6.07, 6.45) is 4.06. The first-order valence-corrected chi connectivity index (χ1v) is 5.16. The van der Waals surface area contributed by atoms with Gasteiger partial charge in [-0.15, -0.1) is 12.4 Å². The number of hydrogen-bond donors (Lipinski definition) is 2. The van der Waals surface area contributed by atoms with Gasteiger partial charge < -0.3 is 11.1 Å². The van der Waals surface area contributed by atoms with E-state index in [2.05, 4.69) is 17.3 Å². The number of amides is 1. The van der Waals surface area contributed by atoms with Gasteiger partial charge in [-0.3, -0.25) is 9.48 Å². The monoisotopic (exact) mass is 246 g/mol. The predicted octanol–water partition coefficient (Wildman–Crippen LogP) is 0.406. The Bertz CT molecular complexity index is 289. The molecular weight excluding hydrogens is 228 g/mol. The van der Waals surface area contributed by atoms with Crippen molar-refractivity contribution in [3.8, 4) is 0 Å². The molecule has 0 radical (unpaired) electrons. The van der Waals surface area contributed by atoms with Gasteiger partial charge in [0.2, 0.25) is 5.91 Å². The third-order valence-corrected chi connectivity index (χ3v) is 2.08. The second-order valence-corrected chi connectivity index (χ2v) is 3.68. The minimum atomic E-state index is 0. The van der Waals surface area contributed by atoms with Crippen molar-refractivity contribution in [1.29, 1.82) is 0 Å². The lowest BCUT2D eigenvalue weighted by Gasteiger charge is -2.12. The van der Waals surface area contributed by atoms with Crippen molar-refractivity contribution < 1.29 is 4.79 Å². The molecule has 1 atom stereocenters. The van der Waals surface area contributed by atoms with Gasteiger partial charge in [-0.1, -0.05) is 6.92 Å². The van der Waals surface area contributed by atoms with Crippen LogP contribution in [0.3, 0.4) is 0 Å². The van der Waals surface area contributed by atoms with Crippen molar-refractivity contribution in [2.24, 2.45) is 11.7 Å². The first-order valence-electron chi connectivity index (χ1n) is 5.16. The maximum Gasteiger partial charge on any atom is 0.221 e. The van der Waals surface area contributed by atoms with E-state index in [9.17, 15) is 4.79 Å². The van der Waals surface area contributed by atoms with Gasteiger partial charge in [-0.05, 0) is 12.0 Å². The van der Waals surface area contributed by atoms with Crippen LogP contribution in [0.25, 0.3) is 0 Å². The normalized spacial score (nSPS) is 11.6. The Kier molecular flexibility index (Phi) is 7.58. The Balaban J connectivity index is 0.00000225. The molecular formula is C10H19ClN4O. The molecule has 0 aliphatic carbocycles. The molecule has 0 saturated carbocycles. The van der Waals surface area contributed by atoms with Gasteiger partial charge in [0, 0.05) is 38.4 Å². The average molecular weight is 247 g/mol. The minimum Gasteiger partial charge on any atom is -0.356 e. The van der Waals surface area contributed by atoms with Crippen molar-refractivity contribution in [3.63, 3.8) is 0 Å². The fraction of sp³-hybridized carbons (Fsp3) is 0.600. The average Bonchev–Trinajstić information content (AvgIpc) is 2.68. The molecule has 0 aromatic carbocycles. The zero-order valence-electron chi connectivity index (χ0n) is 9.43. The highest BCUT2D eigenvalue weighted by Crippen LogP contribution is 1.97. The molecule has 0 fully saturated rings. The van der Waals surface area contributed by atoms with Crippen LogP contribution >= 0.6 is 12.4 Å². The van der Waals surface area contributed by atoms with Gasteiger partial charge in [0.15, 0.2) is 0 Å². The Morgan fingerprint density at radius 2 is 2.38 bits per heavy atom. The molecule has 3 N–H and O–H groups in total. The smallest absolute Gasteiger partial charge is 0.221 e. The Labute approximate surface area is 102 Å². The molecule has 92 valence electrons. The summed E-state index contributed by atoms with van der Waals surface area (Å²) >= 11 is 0. The Morgan fingerprint density at radius 3 is 2.94 bits per heavy atom. The fourth-order valence-electron chi connectivity index (χ4n) is 1.30. The van der Waals surface area contributed by atoms with E-state index in [0.717, 1.165) is 6.54 Å². The summed E-state index contributed by atoms with van der Waals surface area (Å²) in [7, 11) is 0. The van der Waals surface area contributed by atoms with Crippen LogP contribution < -0.4 is 11.1 Å². The van der Waals surface area contributed by atoms with Crippen LogP contribution in [0, 0.1) is 5.92 Å². The van der Waals surface area contributed by atoms with Crippen LogP contribution in [0.2, 0.25) is 0 Å². The van der Waals surface area contributed by atoms with Gasteiger partial charge in [0.1, 0.15) is 0 Å². The van der Waals surface area contributed by atoms with Gasteiger partial charge in [0.25, 0.3) is 0 Å². The summed E-state index contributed by atoms with van der Waals surface area (Å²) in [4.78, 5) is 11.1. The second kappa shape index (κ2) is 8.13. The van der Waals surface area contributed by atoms with E-state index in [1.54, 1.807) is 6.20 Å². The van der Waals surface area contributed by atoms with E-state index in [4.69, 9.17) is 5.73 Å². The Hall–Kier alpha value is -1.07. The van der Waals surface area contributed by atoms with E-state index in [1.807, 2.05) is 16.9 Å². The first kappa shape index (κ1) is 14.9. The molecule has 1 amide bonds. The maximum absolute atomic E-state index is 11.1. The summed E-state index contributed by atoms with van der Waals surface area (Å²) in [5.74, 6) is 0.386. The zero-order chi connectivity index (χ0) is 11.1. The lowest BCUT2D eigenvalue weighted by molar-refractivity contribution is -0.121. The standard InChI is InChI=1S/C10H18N4O.ClH/c1-9(7-12-10(15)3-4-11)8-14-6-2-5-13-14;/h2,5-6,9H,3-4,7-8,11H2,1H3,(H,12,15);1H. The molecule has 1 aromatic rings. The number of carbonyl (C=O) groups excluding carboxylic acids is 1. The quantitative estimate of drug-likeness (QED) is 0.764. The molecule has 5 nitrogen and oxygen atoms in total. The highest BCUT2D eigenvalue weighted by Gasteiger charge is 2.05. The number of halogens is 1. The number of aromatic nitrogens is 2. The molecule has 0 aliphatic rings. The van der Waals surface area contributed by atoms with Gasteiger partial charge in [-0.25, -0.2) is 0 Å². The van der Waals surface area contributed by atoms with E-state index in [-0.39, 0.29) is 18.3 Å². The summed E-state index contributed by atoms with van der Waals surface area (Å²) < 4.78 is 1.86. The third-order valence-electron chi connectivity index (χ3n) is 2.08. The summed E-state index contributed by atoms with van der Waals surface area (Å²) in [6.45, 7) is 3.96. The number of nitrogens with zero attached hydrogens (tertiary/aromatic N) is 2. The van der Waals surface area contributed by atoms with Crippen molar-refractivity contribution in [1.82, 2.24) is 15.1 Å². The zero-order valence-corrected chi connectivity index (χ0v) is 10.2. The lowest BCUT2D eigenvalue weighted by atomic mass is 10.2. The number of rotatable bonds is 6. The number of hydrogen-bond acceptors (Lipinski definition) is 3. The third kappa shape index (κ3) is 5.72. The molecule has 1 aromatic heterocycles. The van der Waals surface area contributed by atoms with Gasteiger partial charge in [0.05, 0.1) is 0 Å². The van der Waals surface area contributed by atoms with Crippen molar-refractivity contribution in [2.75, 3.05) is 13.1 Å². The molecule has 6 heteroatoms. The molecule has 0 aliphatic heterocycles. The number of nitrogens with two attached hydrogens (primary N) is 1. The number of carbonyl (C=O) groups is 1. The van der Waals surface area contributed by atoms with Crippen molar-refractivity contribution >= 4 is 18.3 Å². The summed E-state index contributed by atoms with van der Waals surface area (Å²) in [5, 5.41) is 6.94. The van der Waals surface area contributed by atoms with Crippen LogP contribution in [-0.2, 0) is 11.3 Å². The van der Waals surface area contributed by atoms with Crippen LogP contribution in [0.5, 0.6) is 0 Å². The van der Waals surface area contributed by atoms with Gasteiger partial charge >= 0.3 is 0 Å². The predicted molar refractivity (Wildman–Crippen MR) is 65.3 cm³/mol. The van der Waals surface area contributed by atoms with Crippen molar-refractivity contribution in [2.45, 2.75) is 19.9 Å². The molecule has 0 saturated heterocycles. The topological polar surface area (TPSA) is 72.9 Å². The van der Waals surface area contributed by atoms with Crippen LogP contribution in [0.15, 0.2) is 18.5 Å². The SMILES string of the molecule is CC(CNC(=O)CCN)Cn1cccn1.Cl. The first-order chi connectivity index (χ1) is 7.22. The summed E-state index contributed by atoms with van der Waals surface area (Å²) in [6, 6.07) is 1.89. The van der Waals surface area contributed by atoms with Crippen LogP contribution in [0.1, 0.15) is 13.3 Å². The lowest BCUT2D eigenvalue weighted by Crippen LogP contribution is -2.31. The fourth-order valence-corrected chi connectivity index (χ4v) is 1.30. The van der Waals surface area contributed by atoms with Crippen LogP contribution in [0.4, 0.5) is 0 Å². The molecule has 1 unspecified atom stereocenters. The molecule has 1 rings (SSSR count). The Morgan fingerprint density at radius 1 is 1.62 bits per heavy atom. The number of nitrogens with one attached hydrogen (secondary N) is 1. The van der Waals surface area contributed by atoms with E-state index in [1.165, 1.54) is 0 Å². The molecule has 0 bridgehead atoms. The van der Waals surface area contributed by atoms with Crippen LogP contribution in [-0.4, -0.2) is 28.8 Å². The van der Waals surface area contributed by atoms with E-state index >= 15 is 0 Å². The minimum absolute atomic E-state index is 0. The largest absolute Gasteiger partial charge is 0.356 e. The second-order valence-electron chi connectivity index (χ2n) is 3.68.